The molecule has 0 radical (unpaired) electrons. The highest BCUT2D eigenvalue weighted by atomic mass is 16.3. The first-order valence-corrected chi connectivity index (χ1v) is 7.89. The van der Waals surface area contributed by atoms with Gasteiger partial charge in [0.05, 0.1) is 0 Å². The number of rotatable bonds is 4. The van der Waals surface area contributed by atoms with E-state index in [0.29, 0.717) is 11.6 Å². The first-order chi connectivity index (χ1) is 11.8. The maximum atomic E-state index is 5.83. The van der Waals surface area contributed by atoms with Gasteiger partial charge in [-0.1, -0.05) is 48.0 Å². The van der Waals surface area contributed by atoms with Gasteiger partial charge < -0.3 is 9.73 Å². The maximum Gasteiger partial charge on any atom is 0.197 e. The van der Waals surface area contributed by atoms with E-state index in [1.165, 1.54) is 11.1 Å². The molecule has 2 heterocycles. The smallest absolute Gasteiger partial charge is 0.197 e. The minimum Gasteiger partial charge on any atom is -0.453 e. The van der Waals surface area contributed by atoms with Crippen LogP contribution in [0.3, 0.4) is 0 Å². The van der Waals surface area contributed by atoms with Crippen LogP contribution in [0.5, 0.6) is 0 Å². The fourth-order valence-electron chi connectivity index (χ4n) is 2.57. The van der Waals surface area contributed by atoms with E-state index in [9.17, 15) is 0 Å². The van der Waals surface area contributed by atoms with Gasteiger partial charge in [-0.3, -0.25) is 0 Å². The summed E-state index contributed by atoms with van der Waals surface area (Å²) in [6, 6.07) is 20.2. The van der Waals surface area contributed by atoms with Crippen LogP contribution in [0.25, 0.3) is 22.6 Å². The summed E-state index contributed by atoms with van der Waals surface area (Å²) in [6.07, 6.45) is 1.74. The van der Waals surface area contributed by atoms with Gasteiger partial charge in [0.15, 0.2) is 11.6 Å². The number of nitrogens with zero attached hydrogens (tertiary/aromatic N) is 2. The second-order valence-electron chi connectivity index (χ2n) is 5.75. The zero-order valence-corrected chi connectivity index (χ0v) is 13.4. The van der Waals surface area contributed by atoms with Crippen LogP contribution in [0.4, 0.5) is 5.82 Å². The summed E-state index contributed by atoms with van der Waals surface area (Å²) in [5.41, 5.74) is 3.31. The van der Waals surface area contributed by atoms with Gasteiger partial charge in [0.2, 0.25) is 0 Å². The average Bonchev–Trinajstić information content (AvgIpc) is 3.06. The molecule has 0 aliphatic heterocycles. The third-order valence-electron chi connectivity index (χ3n) is 3.90. The zero-order chi connectivity index (χ0) is 16.4. The highest BCUT2D eigenvalue weighted by molar-refractivity contribution is 5.81. The van der Waals surface area contributed by atoms with E-state index in [4.69, 9.17) is 4.42 Å². The first kappa shape index (κ1) is 14.5. The number of anilines is 1. The van der Waals surface area contributed by atoms with E-state index in [1.807, 2.05) is 36.4 Å². The van der Waals surface area contributed by atoms with Crippen molar-refractivity contribution in [1.82, 2.24) is 9.97 Å². The van der Waals surface area contributed by atoms with Crippen molar-refractivity contribution in [1.29, 1.82) is 0 Å². The largest absolute Gasteiger partial charge is 0.453 e. The Hall–Kier alpha value is -3.14. The van der Waals surface area contributed by atoms with Crippen LogP contribution in [0.15, 0.2) is 71.3 Å². The lowest BCUT2D eigenvalue weighted by molar-refractivity contribution is 0.625. The molecule has 0 spiro atoms. The Morgan fingerprint density at radius 3 is 2.67 bits per heavy atom. The summed E-state index contributed by atoms with van der Waals surface area (Å²) in [5.74, 6) is 2.04. The summed E-state index contributed by atoms with van der Waals surface area (Å²) >= 11 is 0. The van der Waals surface area contributed by atoms with Crippen molar-refractivity contribution in [2.45, 2.75) is 13.5 Å². The van der Waals surface area contributed by atoms with E-state index in [1.54, 1.807) is 6.20 Å². The van der Waals surface area contributed by atoms with E-state index >= 15 is 0 Å². The van der Waals surface area contributed by atoms with Crippen LogP contribution in [-0.2, 0) is 6.54 Å². The summed E-state index contributed by atoms with van der Waals surface area (Å²) in [4.78, 5) is 8.88. The predicted octanol–water partition coefficient (Wildman–Crippen LogP) is 4.81. The van der Waals surface area contributed by atoms with Crippen molar-refractivity contribution in [2.24, 2.45) is 0 Å². The number of furan rings is 1. The number of para-hydroxylation sites is 1. The predicted molar refractivity (Wildman–Crippen MR) is 95.7 cm³/mol. The number of hydrogen-bond donors (Lipinski definition) is 1. The Kier molecular flexibility index (Phi) is 3.71. The van der Waals surface area contributed by atoms with E-state index < -0.39 is 0 Å². The number of aromatic nitrogens is 2. The van der Waals surface area contributed by atoms with Gasteiger partial charge in [-0.15, -0.1) is 0 Å². The lowest BCUT2D eigenvalue weighted by atomic mass is 10.1. The quantitative estimate of drug-likeness (QED) is 0.587. The van der Waals surface area contributed by atoms with Crippen molar-refractivity contribution < 1.29 is 4.42 Å². The fraction of sp³-hybridized carbons (Fsp3) is 0.100. The van der Waals surface area contributed by atoms with Gasteiger partial charge in [0, 0.05) is 18.1 Å². The molecule has 4 nitrogen and oxygen atoms in total. The van der Waals surface area contributed by atoms with Crippen LogP contribution in [0.1, 0.15) is 11.1 Å². The molecule has 0 amide bonds. The van der Waals surface area contributed by atoms with Crippen LogP contribution in [-0.4, -0.2) is 9.97 Å². The zero-order valence-electron chi connectivity index (χ0n) is 13.4. The van der Waals surface area contributed by atoms with Gasteiger partial charge in [-0.25, -0.2) is 9.97 Å². The van der Waals surface area contributed by atoms with Crippen LogP contribution in [0.2, 0.25) is 0 Å². The molecule has 0 saturated heterocycles. The number of fused-ring (bicyclic) bond motifs is 1. The van der Waals surface area contributed by atoms with Crippen LogP contribution < -0.4 is 5.32 Å². The highest BCUT2D eigenvalue weighted by Crippen LogP contribution is 2.25. The Balaban J connectivity index is 1.55. The Morgan fingerprint density at radius 2 is 1.83 bits per heavy atom. The standard InChI is InChI=1S/C20H17N3O/c1-14-6-8-15(9-7-14)13-22-19-10-11-21-20(23-19)18-12-16-4-2-3-5-17(16)24-18/h2-12H,13H2,1H3,(H,21,22,23). The highest BCUT2D eigenvalue weighted by Gasteiger charge is 2.09. The molecule has 4 heteroatoms. The number of hydrogen-bond acceptors (Lipinski definition) is 4. The van der Waals surface area contributed by atoms with E-state index in [2.05, 4.69) is 46.5 Å². The normalized spacial score (nSPS) is 10.9. The molecule has 2 aromatic heterocycles. The maximum absolute atomic E-state index is 5.83. The lowest BCUT2D eigenvalue weighted by Gasteiger charge is -2.06. The van der Waals surface area contributed by atoms with Crippen LogP contribution >= 0.6 is 0 Å². The van der Waals surface area contributed by atoms with Crippen molar-refractivity contribution in [2.75, 3.05) is 5.32 Å². The van der Waals surface area contributed by atoms with Gasteiger partial charge in [-0.05, 0) is 30.7 Å². The lowest BCUT2D eigenvalue weighted by Crippen LogP contribution is -2.02. The molecule has 4 rings (SSSR count). The second-order valence-corrected chi connectivity index (χ2v) is 5.75. The second kappa shape index (κ2) is 6.16. The molecule has 0 atom stereocenters. The van der Waals surface area contributed by atoms with Crippen LogP contribution in [0, 0.1) is 6.92 Å². The SMILES string of the molecule is Cc1ccc(CNc2ccnc(-c3cc4ccccc4o3)n2)cc1. The molecule has 1 N–H and O–H groups in total. The van der Waals surface area contributed by atoms with Gasteiger partial charge in [0.1, 0.15) is 11.4 Å². The number of benzene rings is 2. The summed E-state index contributed by atoms with van der Waals surface area (Å²) in [7, 11) is 0. The topological polar surface area (TPSA) is 51.0 Å². The Bertz CT molecular complexity index is 941. The Morgan fingerprint density at radius 1 is 1.00 bits per heavy atom. The molecular weight excluding hydrogens is 298 g/mol. The minimum atomic E-state index is 0.583. The molecule has 24 heavy (non-hydrogen) atoms. The molecule has 0 fully saturated rings. The van der Waals surface area contributed by atoms with E-state index in [-0.39, 0.29) is 0 Å². The molecule has 0 unspecified atom stereocenters. The molecule has 0 saturated carbocycles. The summed E-state index contributed by atoms with van der Waals surface area (Å²) in [6.45, 7) is 2.80. The van der Waals surface area contributed by atoms with Gasteiger partial charge in [-0.2, -0.15) is 0 Å². The minimum absolute atomic E-state index is 0.583. The third kappa shape index (κ3) is 2.99. The van der Waals surface area contributed by atoms with Crippen molar-refractivity contribution in [3.05, 3.63) is 78.0 Å². The number of aryl methyl sites for hydroxylation is 1. The molecule has 118 valence electrons. The molecule has 4 aromatic rings. The molecule has 0 aliphatic carbocycles. The Labute approximate surface area is 140 Å². The average molecular weight is 315 g/mol. The molecular formula is C20H17N3O. The van der Waals surface area contributed by atoms with Crippen molar-refractivity contribution in [3.8, 4) is 11.6 Å². The van der Waals surface area contributed by atoms with Gasteiger partial charge >= 0.3 is 0 Å². The summed E-state index contributed by atoms with van der Waals surface area (Å²) < 4.78 is 5.83. The number of nitrogens with one attached hydrogen (secondary N) is 1. The molecule has 2 aromatic carbocycles. The fourth-order valence-corrected chi connectivity index (χ4v) is 2.57. The van der Waals surface area contributed by atoms with E-state index in [0.717, 1.165) is 23.3 Å². The van der Waals surface area contributed by atoms with Crippen molar-refractivity contribution >= 4 is 16.8 Å². The van der Waals surface area contributed by atoms with Crippen molar-refractivity contribution in [3.63, 3.8) is 0 Å². The third-order valence-corrected chi connectivity index (χ3v) is 3.90. The molecule has 0 aliphatic rings. The summed E-state index contributed by atoms with van der Waals surface area (Å²) in [5, 5.41) is 4.38. The molecule has 0 bridgehead atoms. The monoisotopic (exact) mass is 315 g/mol. The van der Waals surface area contributed by atoms with Gasteiger partial charge in [0.25, 0.3) is 0 Å². The first-order valence-electron chi connectivity index (χ1n) is 7.89.